The molecule has 1 aliphatic heterocycles. The second kappa shape index (κ2) is 3.00. The molecule has 1 heterocycles. The third-order valence-corrected chi connectivity index (χ3v) is 3.09. The molecular weight excluding hydrogens is 255 g/mol. The summed E-state index contributed by atoms with van der Waals surface area (Å²) < 4.78 is 4.96. The van der Waals surface area contributed by atoms with Gasteiger partial charge in [0.15, 0.2) is 5.01 Å². The van der Waals surface area contributed by atoms with E-state index in [9.17, 15) is 4.79 Å². The van der Waals surface area contributed by atoms with E-state index in [2.05, 4.69) is 15.9 Å². The molecule has 2 rings (SSSR count). The third-order valence-electron chi connectivity index (χ3n) is 2.01. The maximum Gasteiger partial charge on any atom is 0.340 e. The lowest BCUT2D eigenvalue weighted by molar-refractivity contribution is 0.0530. The Hall–Kier alpha value is -0.540. The fourth-order valence-corrected chi connectivity index (χ4v) is 2.00. The molecule has 0 spiro atoms. The van der Waals surface area contributed by atoms with Crippen LogP contribution in [0.5, 0.6) is 0 Å². The van der Waals surface area contributed by atoms with Gasteiger partial charge in [0.25, 0.3) is 0 Å². The third kappa shape index (κ3) is 1.36. The van der Waals surface area contributed by atoms with E-state index in [1.807, 2.05) is 6.92 Å². The second-order valence-corrected chi connectivity index (χ2v) is 4.15. The topological polar surface area (TPSA) is 26.3 Å². The van der Waals surface area contributed by atoms with Crippen molar-refractivity contribution in [2.75, 3.05) is 0 Å². The van der Waals surface area contributed by atoms with Crippen molar-refractivity contribution in [1.29, 1.82) is 0 Å². The van der Waals surface area contributed by atoms with Gasteiger partial charge in [-0.25, -0.2) is 4.79 Å². The number of halogens is 2. The Kier molecular flexibility index (Phi) is 2.08. The lowest BCUT2D eigenvalue weighted by Gasteiger charge is -2.02. The summed E-state index contributed by atoms with van der Waals surface area (Å²) in [5.74, 6) is -0.295. The lowest BCUT2D eigenvalue weighted by atomic mass is 10.1. The van der Waals surface area contributed by atoms with Gasteiger partial charge in [-0.15, -0.1) is 0 Å². The summed E-state index contributed by atoms with van der Waals surface area (Å²) in [6.07, 6.45) is 0. The predicted molar refractivity (Wildman–Crippen MR) is 53.3 cm³/mol. The van der Waals surface area contributed by atoms with Gasteiger partial charge in [0.2, 0.25) is 0 Å². The Balaban J connectivity index is 2.65. The van der Waals surface area contributed by atoms with E-state index in [1.54, 1.807) is 12.1 Å². The van der Waals surface area contributed by atoms with Crippen molar-refractivity contribution < 1.29 is 9.53 Å². The Morgan fingerprint density at radius 2 is 2.23 bits per heavy atom. The maximum absolute atomic E-state index is 11.2. The first kappa shape index (κ1) is 9.03. The van der Waals surface area contributed by atoms with Crippen molar-refractivity contribution in [3.8, 4) is 0 Å². The van der Waals surface area contributed by atoms with Gasteiger partial charge in [0, 0.05) is 10.6 Å². The van der Waals surface area contributed by atoms with E-state index in [0.29, 0.717) is 10.6 Å². The molecule has 1 unspecified atom stereocenters. The van der Waals surface area contributed by atoms with Gasteiger partial charge < -0.3 is 4.74 Å². The average Bonchev–Trinajstić information content (AvgIpc) is 2.31. The van der Waals surface area contributed by atoms with E-state index in [4.69, 9.17) is 16.3 Å². The van der Waals surface area contributed by atoms with Crippen molar-refractivity contribution in [2.45, 2.75) is 11.9 Å². The molecule has 0 saturated heterocycles. The predicted octanol–water partition coefficient (Wildman–Crippen LogP) is 3.21. The summed E-state index contributed by atoms with van der Waals surface area (Å²) in [6, 6.07) is 3.51. The molecule has 1 atom stereocenters. The number of ether oxygens (including phenoxy) is 1. The number of aryl methyl sites for hydroxylation is 1. The quantitative estimate of drug-likeness (QED) is 0.529. The second-order valence-electron chi connectivity index (χ2n) is 2.91. The number of cyclic esters (lactones) is 1. The first-order valence-electron chi connectivity index (χ1n) is 3.74. The zero-order chi connectivity index (χ0) is 9.59. The molecule has 4 heteroatoms. The van der Waals surface area contributed by atoms with E-state index in [-0.39, 0.29) is 11.0 Å². The highest BCUT2D eigenvalue weighted by molar-refractivity contribution is 9.09. The summed E-state index contributed by atoms with van der Waals surface area (Å²) in [5, 5.41) is 0.301. The van der Waals surface area contributed by atoms with Crippen LogP contribution in [0.4, 0.5) is 0 Å². The van der Waals surface area contributed by atoms with Crippen molar-refractivity contribution in [2.24, 2.45) is 0 Å². The van der Waals surface area contributed by atoms with Gasteiger partial charge in [0.05, 0.1) is 5.56 Å². The number of alkyl halides is 1. The number of esters is 1. The van der Waals surface area contributed by atoms with Crippen LogP contribution in [0.3, 0.4) is 0 Å². The fraction of sp³-hybridized carbons (Fsp3) is 0.222. The van der Waals surface area contributed by atoms with Crippen LogP contribution in [0.25, 0.3) is 0 Å². The number of carbonyl (C=O) groups is 1. The summed E-state index contributed by atoms with van der Waals surface area (Å²) in [4.78, 5) is 11.2. The van der Waals surface area contributed by atoms with Crippen molar-refractivity contribution in [3.05, 3.63) is 33.8 Å². The number of carbonyl (C=O) groups excluding carboxylic acids is 1. The van der Waals surface area contributed by atoms with Crippen LogP contribution in [0.2, 0.25) is 5.02 Å². The Labute approximate surface area is 89.0 Å². The van der Waals surface area contributed by atoms with Crippen LogP contribution < -0.4 is 0 Å². The molecule has 13 heavy (non-hydrogen) atoms. The van der Waals surface area contributed by atoms with Crippen LogP contribution in [-0.4, -0.2) is 5.97 Å². The highest BCUT2D eigenvalue weighted by Crippen LogP contribution is 2.37. The van der Waals surface area contributed by atoms with E-state index >= 15 is 0 Å². The van der Waals surface area contributed by atoms with E-state index < -0.39 is 0 Å². The number of fused-ring (bicyclic) bond motifs is 1. The van der Waals surface area contributed by atoms with Gasteiger partial charge in [0.1, 0.15) is 0 Å². The average molecular weight is 262 g/mol. The first-order valence-corrected chi connectivity index (χ1v) is 5.04. The molecule has 0 amide bonds. The standard InChI is InChI=1S/C9H6BrClO2/c1-4-2-6-5(3-7(4)11)8(10)13-9(6)12/h2-3,8H,1H3. The molecule has 1 aromatic carbocycles. The molecule has 0 aromatic heterocycles. The highest BCUT2D eigenvalue weighted by Gasteiger charge is 2.29. The molecule has 2 nitrogen and oxygen atoms in total. The molecule has 0 aliphatic carbocycles. The Morgan fingerprint density at radius 1 is 1.54 bits per heavy atom. The summed E-state index contributed by atoms with van der Waals surface area (Å²) in [6.45, 7) is 1.86. The fourth-order valence-electron chi connectivity index (χ4n) is 1.28. The van der Waals surface area contributed by atoms with Crippen LogP contribution >= 0.6 is 27.5 Å². The number of rotatable bonds is 0. The summed E-state index contributed by atoms with van der Waals surface area (Å²) in [7, 11) is 0. The van der Waals surface area contributed by atoms with Crippen LogP contribution in [-0.2, 0) is 4.74 Å². The molecule has 0 radical (unpaired) electrons. The molecule has 1 aromatic rings. The number of hydrogen-bond donors (Lipinski definition) is 0. The van der Waals surface area contributed by atoms with Crippen molar-refractivity contribution in [3.63, 3.8) is 0 Å². The zero-order valence-electron chi connectivity index (χ0n) is 6.80. The van der Waals surface area contributed by atoms with Gasteiger partial charge in [-0.2, -0.15) is 0 Å². The van der Waals surface area contributed by atoms with Gasteiger partial charge in [-0.1, -0.05) is 11.6 Å². The molecule has 0 saturated carbocycles. The van der Waals surface area contributed by atoms with Gasteiger partial charge in [-0.3, -0.25) is 0 Å². The minimum absolute atomic E-state index is 0.295. The smallest absolute Gasteiger partial charge is 0.340 e. The minimum atomic E-state index is -0.354. The van der Waals surface area contributed by atoms with Gasteiger partial charge >= 0.3 is 5.97 Å². The first-order chi connectivity index (χ1) is 6.09. The molecule has 0 bridgehead atoms. The summed E-state index contributed by atoms with van der Waals surface area (Å²) >= 11 is 9.15. The molecular formula is C9H6BrClO2. The molecule has 1 aliphatic rings. The van der Waals surface area contributed by atoms with Crippen molar-refractivity contribution in [1.82, 2.24) is 0 Å². The molecule has 0 N–H and O–H groups in total. The Morgan fingerprint density at radius 3 is 2.92 bits per heavy atom. The normalized spacial score (nSPS) is 19.9. The zero-order valence-corrected chi connectivity index (χ0v) is 9.15. The van der Waals surface area contributed by atoms with Crippen LogP contribution in [0.15, 0.2) is 12.1 Å². The highest BCUT2D eigenvalue weighted by atomic mass is 79.9. The van der Waals surface area contributed by atoms with Crippen LogP contribution in [0, 0.1) is 6.92 Å². The van der Waals surface area contributed by atoms with E-state index in [0.717, 1.165) is 11.1 Å². The minimum Gasteiger partial charge on any atom is -0.442 e. The van der Waals surface area contributed by atoms with Crippen molar-refractivity contribution >= 4 is 33.5 Å². The van der Waals surface area contributed by atoms with Crippen LogP contribution in [0.1, 0.15) is 26.5 Å². The van der Waals surface area contributed by atoms with E-state index in [1.165, 1.54) is 0 Å². The monoisotopic (exact) mass is 260 g/mol. The number of benzene rings is 1. The number of hydrogen-bond acceptors (Lipinski definition) is 2. The lowest BCUT2D eigenvalue weighted by Crippen LogP contribution is -1.94. The molecule has 0 fully saturated rings. The maximum atomic E-state index is 11.2. The largest absolute Gasteiger partial charge is 0.442 e. The SMILES string of the molecule is Cc1cc2c(cc1Cl)C(Br)OC2=O. The van der Waals surface area contributed by atoms with Gasteiger partial charge in [-0.05, 0) is 40.5 Å². The summed E-state index contributed by atoms with van der Waals surface area (Å²) in [5.41, 5.74) is 2.29. The molecule has 68 valence electrons. The Bertz CT molecular complexity index is 389.